The summed E-state index contributed by atoms with van der Waals surface area (Å²) in [5, 5.41) is -0.859. The summed E-state index contributed by atoms with van der Waals surface area (Å²) < 4.78 is 46.6. The van der Waals surface area contributed by atoms with Crippen LogP contribution in [0.2, 0.25) is 5.15 Å². The van der Waals surface area contributed by atoms with Gasteiger partial charge in [0.05, 0.1) is 18.2 Å². The van der Waals surface area contributed by atoms with E-state index in [0.717, 1.165) is 36.1 Å². The third-order valence-corrected chi connectivity index (χ3v) is 3.73. The average molecular weight is 369 g/mol. The molecule has 2 heterocycles. The fourth-order valence-corrected chi connectivity index (χ4v) is 2.45. The Kier molecular flexibility index (Phi) is 4.22. The zero-order valence-electron chi connectivity index (χ0n) is 12.5. The van der Waals surface area contributed by atoms with Crippen molar-refractivity contribution in [2.24, 2.45) is 0 Å². The Morgan fingerprint density at radius 2 is 1.92 bits per heavy atom. The minimum absolute atomic E-state index is 0.199. The summed E-state index contributed by atoms with van der Waals surface area (Å²) in [5.74, 6) is -3.79. The number of rotatable bonds is 2. The molecule has 0 saturated heterocycles. The van der Waals surface area contributed by atoms with Crippen LogP contribution in [0.3, 0.4) is 0 Å². The number of methoxy groups -OCH3 is 1. The van der Waals surface area contributed by atoms with Crippen LogP contribution in [0.1, 0.15) is 10.4 Å². The summed E-state index contributed by atoms with van der Waals surface area (Å²) in [4.78, 5) is 28.0. The molecule has 0 radical (unpaired) electrons. The van der Waals surface area contributed by atoms with Crippen LogP contribution in [-0.2, 0) is 4.74 Å². The first-order valence-corrected chi connectivity index (χ1v) is 7.16. The number of hydrogen-bond acceptors (Lipinski definition) is 4. The molecule has 25 heavy (non-hydrogen) atoms. The topological polar surface area (TPSA) is 61.2 Å². The van der Waals surface area contributed by atoms with Crippen LogP contribution < -0.4 is 5.43 Å². The zero-order valence-corrected chi connectivity index (χ0v) is 13.3. The molecule has 0 aliphatic rings. The molecule has 0 fully saturated rings. The van der Waals surface area contributed by atoms with Crippen molar-refractivity contribution in [1.29, 1.82) is 0 Å². The molecule has 0 amide bonds. The molecule has 2 aromatic heterocycles. The van der Waals surface area contributed by atoms with Crippen molar-refractivity contribution in [3.05, 3.63) is 68.9 Å². The number of hydrogen-bond donors (Lipinski definition) is 0. The molecule has 1 aromatic carbocycles. The average Bonchev–Trinajstić information content (AvgIpc) is 2.57. The van der Waals surface area contributed by atoms with Gasteiger partial charge in [-0.25, -0.2) is 22.9 Å². The summed E-state index contributed by atoms with van der Waals surface area (Å²) in [6.45, 7) is 0. The highest BCUT2D eigenvalue weighted by Crippen LogP contribution is 2.23. The number of fused-ring (bicyclic) bond motifs is 1. The van der Waals surface area contributed by atoms with Crippen LogP contribution in [0.25, 0.3) is 16.7 Å². The SMILES string of the molecule is COC(=O)c1cn(-c2ccc(F)cc2F)c2nc(Cl)c(F)cc2c1=O. The molecule has 0 saturated carbocycles. The molecule has 3 aromatic rings. The lowest BCUT2D eigenvalue weighted by atomic mass is 10.1. The predicted molar refractivity (Wildman–Crippen MR) is 83.6 cm³/mol. The lowest BCUT2D eigenvalue weighted by Crippen LogP contribution is -2.21. The molecule has 0 atom stereocenters. The molecule has 0 spiro atoms. The van der Waals surface area contributed by atoms with Crippen molar-refractivity contribution in [2.45, 2.75) is 0 Å². The van der Waals surface area contributed by atoms with Gasteiger partial charge in [0.15, 0.2) is 16.6 Å². The van der Waals surface area contributed by atoms with Gasteiger partial charge in [0, 0.05) is 12.3 Å². The number of carbonyl (C=O) groups excluding carboxylic acids is 1. The number of pyridine rings is 2. The second-order valence-corrected chi connectivity index (χ2v) is 5.32. The van der Waals surface area contributed by atoms with Crippen molar-refractivity contribution in [3.8, 4) is 5.69 Å². The fraction of sp³-hybridized carbons (Fsp3) is 0.0625. The van der Waals surface area contributed by atoms with Crippen LogP contribution in [-0.4, -0.2) is 22.6 Å². The van der Waals surface area contributed by atoms with E-state index in [9.17, 15) is 22.8 Å². The minimum Gasteiger partial charge on any atom is -0.465 e. The van der Waals surface area contributed by atoms with Gasteiger partial charge >= 0.3 is 5.97 Å². The number of nitrogens with zero attached hydrogens (tertiary/aromatic N) is 2. The quantitative estimate of drug-likeness (QED) is 0.514. The van der Waals surface area contributed by atoms with Crippen molar-refractivity contribution in [2.75, 3.05) is 7.11 Å². The van der Waals surface area contributed by atoms with Crippen molar-refractivity contribution in [1.82, 2.24) is 9.55 Å². The van der Waals surface area contributed by atoms with E-state index in [0.29, 0.717) is 6.07 Å². The van der Waals surface area contributed by atoms with Crippen molar-refractivity contribution < 1.29 is 22.7 Å². The number of ether oxygens (including phenoxy) is 1. The number of esters is 1. The van der Waals surface area contributed by atoms with E-state index < -0.39 is 39.6 Å². The Hall–Kier alpha value is -2.87. The first-order chi connectivity index (χ1) is 11.8. The Bertz CT molecular complexity index is 1080. The molecule has 0 N–H and O–H groups in total. The third kappa shape index (κ3) is 2.85. The second kappa shape index (κ2) is 6.21. The van der Waals surface area contributed by atoms with Crippen molar-refractivity contribution in [3.63, 3.8) is 0 Å². The maximum atomic E-state index is 14.2. The molecule has 0 unspecified atom stereocenters. The minimum atomic E-state index is -1.00. The van der Waals surface area contributed by atoms with Gasteiger partial charge in [0.1, 0.15) is 17.2 Å². The van der Waals surface area contributed by atoms with Crippen LogP contribution in [0.5, 0.6) is 0 Å². The van der Waals surface area contributed by atoms with Gasteiger partial charge in [-0.1, -0.05) is 11.6 Å². The van der Waals surface area contributed by atoms with Gasteiger partial charge in [-0.2, -0.15) is 0 Å². The first kappa shape index (κ1) is 17.0. The highest BCUT2D eigenvalue weighted by molar-refractivity contribution is 6.29. The highest BCUT2D eigenvalue weighted by atomic mass is 35.5. The number of halogens is 4. The van der Waals surface area contributed by atoms with Crippen LogP contribution in [0.15, 0.2) is 35.3 Å². The standard InChI is InChI=1S/C16H8ClF3N2O3/c1-25-16(24)9-6-22(12-3-2-7(18)4-10(12)19)15-8(13(9)23)5-11(20)14(17)21-15/h2-6H,1H3. The summed E-state index contributed by atoms with van der Waals surface area (Å²) in [6, 6.07) is 3.46. The molecule has 0 bridgehead atoms. The van der Waals surface area contributed by atoms with E-state index in [-0.39, 0.29) is 16.7 Å². The van der Waals surface area contributed by atoms with Gasteiger partial charge in [-0.05, 0) is 18.2 Å². The normalized spacial score (nSPS) is 10.9. The molecule has 9 heteroatoms. The van der Waals surface area contributed by atoms with E-state index in [1.54, 1.807) is 0 Å². The largest absolute Gasteiger partial charge is 0.465 e. The number of aromatic nitrogens is 2. The smallest absolute Gasteiger partial charge is 0.343 e. The lowest BCUT2D eigenvalue weighted by Gasteiger charge is -2.13. The third-order valence-electron chi connectivity index (χ3n) is 3.46. The van der Waals surface area contributed by atoms with Gasteiger partial charge in [0.25, 0.3) is 0 Å². The molecule has 0 aliphatic heterocycles. The Morgan fingerprint density at radius 1 is 1.20 bits per heavy atom. The summed E-state index contributed by atoms with van der Waals surface area (Å²) >= 11 is 5.65. The maximum absolute atomic E-state index is 14.2. The molecule has 0 aliphatic carbocycles. The maximum Gasteiger partial charge on any atom is 0.343 e. The van der Waals surface area contributed by atoms with Crippen LogP contribution in [0, 0.1) is 17.5 Å². The van der Waals surface area contributed by atoms with E-state index in [1.165, 1.54) is 0 Å². The molecule has 3 rings (SSSR count). The fourth-order valence-electron chi connectivity index (χ4n) is 2.32. The van der Waals surface area contributed by atoms with Gasteiger partial charge in [-0.15, -0.1) is 0 Å². The van der Waals surface area contributed by atoms with Crippen LogP contribution in [0.4, 0.5) is 13.2 Å². The Labute approximate surface area is 143 Å². The van der Waals surface area contributed by atoms with E-state index in [2.05, 4.69) is 9.72 Å². The molecular weight excluding hydrogens is 361 g/mol. The number of carbonyl (C=O) groups is 1. The van der Waals surface area contributed by atoms with Gasteiger partial charge in [-0.3, -0.25) is 9.36 Å². The predicted octanol–water partition coefficient (Wildman–Crippen LogP) is 3.24. The first-order valence-electron chi connectivity index (χ1n) is 6.78. The summed E-state index contributed by atoms with van der Waals surface area (Å²) in [5.41, 5.74) is -1.74. The van der Waals surface area contributed by atoms with Gasteiger partial charge in [0.2, 0.25) is 5.43 Å². The second-order valence-electron chi connectivity index (χ2n) is 4.96. The van der Waals surface area contributed by atoms with Crippen LogP contribution >= 0.6 is 11.6 Å². The Morgan fingerprint density at radius 3 is 2.56 bits per heavy atom. The van der Waals surface area contributed by atoms with E-state index in [1.807, 2.05) is 0 Å². The lowest BCUT2D eigenvalue weighted by molar-refractivity contribution is 0.0599. The monoisotopic (exact) mass is 368 g/mol. The Balaban J connectivity index is 2.48. The van der Waals surface area contributed by atoms with Crippen molar-refractivity contribution >= 4 is 28.6 Å². The molecule has 128 valence electrons. The summed E-state index contributed by atoms with van der Waals surface area (Å²) in [7, 11) is 1.05. The molecule has 5 nitrogen and oxygen atoms in total. The highest BCUT2D eigenvalue weighted by Gasteiger charge is 2.20. The van der Waals surface area contributed by atoms with E-state index in [4.69, 9.17) is 11.6 Å². The van der Waals surface area contributed by atoms with E-state index >= 15 is 0 Å². The number of benzene rings is 1. The zero-order chi connectivity index (χ0) is 18.3. The summed E-state index contributed by atoms with van der Waals surface area (Å²) in [6.07, 6.45) is 0.980. The van der Waals surface area contributed by atoms with Gasteiger partial charge < -0.3 is 4.74 Å². The molecular formula is C16H8ClF3N2O3.